The van der Waals surface area contributed by atoms with Gasteiger partial charge in [0, 0.05) is 17.7 Å². The zero-order valence-electron chi connectivity index (χ0n) is 22.1. The predicted octanol–water partition coefficient (Wildman–Crippen LogP) is -2.77. The highest BCUT2D eigenvalue weighted by Gasteiger charge is 2.46. The Labute approximate surface area is 241 Å². The first-order valence-corrected chi connectivity index (χ1v) is 13.0. The molecule has 10 atom stereocenters. The molecular weight excluding hydrogens is 580 g/mol. The summed E-state index contributed by atoms with van der Waals surface area (Å²) in [4.78, 5) is 13.7. The van der Waals surface area contributed by atoms with E-state index in [2.05, 4.69) is 0 Å². The van der Waals surface area contributed by atoms with Crippen molar-refractivity contribution in [1.82, 2.24) is 0 Å². The normalized spacial score (nSPS) is 32.9. The van der Waals surface area contributed by atoms with Crippen molar-refractivity contribution in [2.75, 3.05) is 13.2 Å². The second-order valence-corrected chi connectivity index (χ2v) is 10.1. The molecule has 10 N–H and O–H groups in total. The molecule has 2 fully saturated rings. The Bertz CT molecular complexity index is 1490. The Kier molecular flexibility index (Phi) is 8.77. The molecule has 2 aliphatic rings. The molecule has 234 valence electrons. The predicted molar refractivity (Wildman–Crippen MR) is 140 cm³/mol. The number of aromatic hydroxyl groups is 2. The van der Waals surface area contributed by atoms with Crippen molar-refractivity contribution < 1.29 is 74.4 Å². The van der Waals surface area contributed by atoms with E-state index in [0.29, 0.717) is 0 Å². The minimum Gasteiger partial charge on any atom is -0.508 e. The molecule has 43 heavy (non-hydrogen) atoms. The molecule has 2 aromatic carbocycles. The molecule has 2 aliphatic heterocycles. The van der Waals surface area contributed by atoms with E-state index in [1.165, 1.54) is 24.3 Å². The fourth-order valence-corrected chi connectivity index (χ4v) is 4.82. The first-order valence-electron chi connectivity index (χ1n) is 13.0. The van der Waals surface area contributed by atoms with E-state index in [-0.39, 0.29) is 28.4 Å². The van der Waals surface area contributed by atoms with Gasteiger partial charge < -0.3 is 74.4 Å². The molecule has 3 heterocycles. The summed E-state index contributed by atoms with van der Waals surface area (Å²) in [6.07, 6.45) is -16.6. The van der Waals surface area contributed by atoms with Crippen LogP contribution < -0.4 is 14.9 Å². The molecule has 0 amide bonds. The lowest BCUT2D eigenvalue weighted by Crippen LogP contribution is -2.60. The van der Waals surface area contributed by atoms with E-state index >= 15 is 0 Å². The van der Waals surface area contributed by atoms with E-state index in [0.717, 1.165) is 12.1 Å². The van der Waals surface area contributed by atoms with Crippen molar-refractivity contribution in [3.8, 4) is 34.3 Å². The molecule has 0 bridgehead atoms. The lowest BCUT2D eigenvalue weighted by Gasteiger charge is -2.39. The van der Waals surface area contributed by atoms with E-state index < -0.39 is 96.9 Å². The highest BCUT2D eigenvalue weighted by atomic mass is 16.7. The number of fused-ring (bicyclic) bond motifs is 1. The topological polar surface area (TPSA) is 269 Å². The molecule has 0 saturated carbocycles. The van der Waals surface area contributed by atoms with Gasteiger partial charge in [0.05, 0.1) is 13.2 Å². The molecule has 10 unspecified atom stereocenters. The Morgan fingerprint density at radius 1 is 0.698 bits per heavy atom. The van der Waals surface area contributed by atoms with Crippen molar-refractivity contribution in [1.29, 1.82) is 0 Å². The number of hydrogen-bond donors (Lipinski definition) is 10. The average molecular weight is 611 g/mol. The van der Waals surface area contributed by atoms with Crippen LogP contribution in [-0.4, -0.2) is 126 Å². The third-order valence-corrected chi connectivity index (χ3v) is 7.22. The third-order valence-electron chi connectivity index (χ3n) is 7.22. The van der Waals surface area contributed by atoms with Crippen LogP contribution in [0.3, 0.4) is 0 Å². The largest absolute Gasteiger partial charge is 0.508 e. The second-order valence-electron chi connectivity index (χ2n) is 10.1. The summed E-state index contributed by atoms with van der Waals surface area (Å²) in [5, 5.41) is 100. The van der Waals surface area contributed by atoms with Crippen LogP contribution in [0.1, 0.15) is 0 Å². The van der Waals surface area contributed by atoms with Gasteiger partial charge in [0.25, 0.3) is 0 Å². The van der Waals surface area contributed by atoms with Crippen LogP contribution in [0.2, 0.25) is 0 Å². The fourth-order valence-electron chi connectivity index (χ4n) is 4.82. The maximum atomic E-state index is 13.7. The van der Waals surface area contributed by atoms with Crippen LogP contribution in [-0.2, 0) is 9.47 Å². The van der Waals surface area contributed by atoms with Crippen LogP contribution in [0.15, 0.2) is 45.6 Å². The lowest BCUT2D eigenvalue weighted by atomic mass is 9.99. The van der Waals surface area contributed by atoms with Gasteiger partial charge in [-0.2, -0.15) is 0 Å². The Hall–Kier alpha value is -3.55. The molecular formula is C27H30O16. The number of hydrogen-bond acceptors (Lipinski definition) is 16. The number of phenols is 2. The summed E-state index contributed by atoms with van der Waals surface area (Å²) in [6, 6.07) is 7.35. The Morgan fingerprint density at radius 3 is 1.77 bits per heavy atom. The first kappa shape index (κ1) is 30.9. The summed E-state index contributed by atoms with van der Waals surface area (Å²) in [5.74, 6) is -1.96. The Morgan fingerprint density at radius 2 is 1.23 bits per heavy atom. The van der Waals surface area contributed by atoms with Crippen molar-refractivity contribution >= 4 is 11.0 Å². The molecule has 3 aromatic rings. The number of rotatable bonds is 7. The van der Waals surface area contributed by atoms with Crippen LogP contribution in [0.5, 0.6) is 23.0 Å². The van der Waals surface area contributed by atoms with Crippen LogP contribution in [0.4, 0.5) is 0 Å². The molecule has 16 heteroatoms. The SMILES string of the molecule is O=c1c(OC2OC(CO)C(O)C(O)C2O)c(-c2ccc(O)cc2)oc2cc(OC3OC(CO)C(O)C(O)C3O)cc(O)c12. The number of aliphatic hydroxyl groups excluding tert-OH is 8. The van der Waals surface area contributed by atoms with Crippen LogP contribution >= 0.6 is 0 Å². The maximum absolute atomic E-state index is 13.7. The number of aliphatic hydroxyl groups is 8. The van der Waals surface area contributed by atoms with Crippen molar-refractivity contribution in [3.05, 3.63) is 46.6 Å². The van der Waals surface area contributed by atoms with Crippen molar-refractivity contribution in [2.45, 2.75) is 61.4 Å². The minimum absolute atomic E-state index is 0.129. The lowest BCUT2D eigenvalue weighted by molar-refractivity contribution is -0.277. The molecule has 0 spiro atoms. The molecule has 5 rings (SSSR count). The third kappa shape index (κ3) is 5.73. The highest BCUT2D eigenvalue weighted by Crippen LogP contribution is 2.38. The van der Waals surface area contributed by atoms with Gasteiger partial charge in [-0.15, -0.1) is 0 Å². The molecule has 16 nitrogen and oxygen atoms in total. The summed E-state index contributed by atoms with van der Waals surface area (Å²) in [5.41, 5.74) is -1.11. The van der Waals surface area contributed by atoms with Crippen molar-refractivity contribution in [2.24, 2.45) is 0 Å². The molecule has 0 radical (unpaired) electrons. The first-order chi connectivity index (χ1) is 20.4. The van der Waals surface area contributed by atoms with Gasteiger partial charge in [-0.25, -0.2) is 0 Å². The summed E-state index contributed by atoms with van der Waals surface area (Å²) < 4.78 is 27.8. The number of benzene rings is 2. The molecule has 1 aromatic heterocycles. The van der Waals surface area contributed by atoms with Crippen LogP contribution in [0.25, 0.3) is 22.3 Å². The summed E-state index contributed by atoms with van der Waals surface area (Å²) in [7, 11) is 0. The van der Waals surface area contributed by atoms with Gasteiger partial charge in [-0.1, -0.05) is 0 Å². The number of phenolic OH excluding ortho intramolecular Hbond substituents is 2. The zero-order chi connectivity index (χ0) is 31.2. The van der Waals surface area contributed by atoms with Gasteiger partial charge in [0.2, 0.25) is 23.8 Å². The van der Waals surface area contributed by atoms with Crippen molar-refractivity contribution in [3.63, 3.8) is 0 Å². The second kappa shape index (κ2) is 12.2. The van der Waals surface area contributed by atoms with Gasteiger partial charge in [0.15, 0.2) is 5.76 Å². The summed E-state index contributed by atoms with van der Waals surface area (Å²) >= 11 is 0. The fraction of sp³-hybridized carbons (Fsp3) is 0.444. The molecule has 0 aliphatic carbocycles. The van der Waals surface area contributed by atoms with Gasteiger partial charge in [-0.3, -0.25) is 4.79 Å². The standard InChI is InChI=1S/C27H30O16/c28-7-14-17(32)20(35)22(37)26(41-14)39-11-5-12(31)16-13(6-11)40-24(9-1-3-10(30)4-2-9)25(19(16)34)43-27-23(38)21(36)18(33)15(8-29)42-27/h1-6,14-15,17-18,20-23,26-33,35-38H,7-8H2. The average Bonchev–Trinajstić information content (AvgIpc) is 2.98. The minimum atomic E-state index is -1.89. The number of ether oxygens (including phenoxy) is 4. The zero-order valence-corrected chi connectivity index (χ0v) is 22.1. The van der Waals surface area contributed by atoms with E-state index in [4.69, 9.17) is 23.4 Å². The Balaban J connectivity index is 1.58. The van der Waals surface area contributed by atoms with Crippen LogP contribution in [0, 0.1) is 0 Å². The van der Waals surface area contributed by atoms with E-state index in [9.17, 15) is 55.9 Å². The van der Waals surface area contributed by atoms with Gasteiger partial charge in [-0.05, 0) is 24.3 Å². The van der Waals surface area contributed by atoms with E-state index in [1.54, 1.807) is 0 Å². The highest BCUT2D eigenvalue weighted by molar-refractivity contribution is 5.88. The molecule has 2 saturated heterocycles. The monoisotopic (exact) mass is 610 g/mol. The van der Waals surface area contributed by atoms with Gasteiger partial charge in [0.1, 0.15) is 77.0 Å². The van der Waals surface area contributed by atoms with E-state index in [1.807, 2.05) is 0 Å². The summed E-state index contributed by atoms with van der Waals surface area (Å²) in [6.45, 7) is -1.48. The van der Waals surface area contributed by atoms with Gasteiger partial charge >= 0.3 is 0 Å². The quantitative estimate of drug-likeness (QED) is 0.130. The maximum Gasteiger partial charge on any atom is 0.239 e. The smallest absolute Gasteiger partial charge is 0.239 e.